The minimum absolute atomic E-state index is 0.0236. The predicted molar refractivity (Wildman–Crippen MR) is 191 cm³/mol. The average Bonchev–Trinajstić information content (AvgIpc) is 3.11. The van der Waals surface area contributed by atoms with Gasteiger partial charge in [-0.3, -0.25) is 4.79 Å². The Morgan fingerprint density at radius 1 is 0.714 bits per heavy atom. The summed E-state index contributed by atoms with van der Waals surface area (Å²) in [6.45, 7) is 2.92. The van der Waals surface area contributed by atoms with Gasteiger partial charge in [-0.15, -0.1) is 0 Å². The van der Waals surface area contributed by atoms with Crippen molar-refractivity contribution in [1.29, 1.82) is 0 Å². The first-order valence-electron chi connectivity index (χ1n) is 16.5. The van der Waals surface area contributed by atoms with Crippen LogP contribution in [0.2, 0.25) is 0 Å². The molecule has 0 unspecified atom stereocenters. The molecular formula is C38H46N4O7. The van der Waals surface area contributed by atoms with E-state index in [4.69, 9.17) is 9.47 Å². The minimum atomic E-state index is -0.703. The number of aromatic hydroxyl groups is 1. The number of amides is 3. The molecule has 0 aliphatic rings. The van der Waals surface area contributed by atoms with Gasteiger partial charge in [0.05, 0.1) is 43.9 Å². The molecule has 0 aromatic heterocycles. The molecule has 0 aliphatic heterocycles. The third kappa shape index (κ3) is 13.0. The molecule has 260 valence electrons. The Balaban J connectivity index is 1.04. The van der Waals surface area contributed by atoms with Gasteiger partial charge in [0.2, 0.25) is 0 Å². The lowest BCUT2D eigenvalue weighted by Gasteiger charge is -2.14. The highest BCUT2D eigenvalue weighted by atomic mass is 16.5. The van der Waals surface area contributed by atoms with Crippen LogP contribution in [0.25, 0.3) is 0 Å². The van der Waals surface area contributed by atoms with Crippen LogP contribution in [0.5, 0.6) is 5.75 Å². The Morgan fingerprint density at radius 2 is 1.45 bits per heavy atom. The van der Waals surface area contributed by atoms with Crippen molar-refractivity contribution in [2.45, 2.75) is 45.0 Å². The number of carbonyl (C=O) groups excluding carboxylic acids is 2. The minimum Gasteiger partial charge on any atom is -0.508 e. The number of nitrogens with one attached hydrogen (secondary N) is 4. The summed E-state index contributed by atoms with van der Waals surface area (Å²) in [5, 5.41) is 41.0. The van der Waals surface area contributed by atoms with Gasteiger partial charge < -0.3 is 46.1 Å². The summed E-state index contributed by atoms with van der Waals surface area (Å²) in [5.74, 6) is -0.245. The van der Waals surface area contributed by atoms with Crippen LogP contribution in [-0.4, -0.2) is 60.2 Å². The van der Waals surface area contributed by atoms with Crippen molar-refractivity contribution >= 4 is 29.0 Å². The van der Waals surface area contributed by atoms with Crippen molar-refractivity contribution in [1.82, 2.24) is 5.32 Å². The first-order valence-corrected chi connectivity index (χ1v) is 16.5. The number of benzene rings is 4. The molecule has 3 amide bonds. The zero-order valence-electron chi connectivity index (χ0n) is 27.6. The van der Waals surface area contributed by atoms with Crippen LogP contribution in [0.15, 0.2) is 97.1 Å². The number of anilines is 3. The average molecular weight is 671 g/mol. The van der Waals surface area contributed by atoms with Gasteiger partial charge in [-0.05, 0) is 79.0 Å². The number of hydrogen-bond donors (Lipinski definition) is 7. The molecule has 4 aromatic rings. The third-order valence-corrected chi connectivity index (χ3v) is 7.67. The number of aliphatic hydroxyl groups excluding tert-OH is 2. The largest absolute Gasteiger partial charge is 0.508 e. The molecule has 1 atom stereocenters. The molecule has 0 saturated carbocycles. The van der Waals surface area contributed by atoms with E-state index >= 15 is 0 Å². The lowest BCUT2D eigenvalue weighted by Crippen LogP contribution is -2.22. The lowest BCUT2D eigenvalue weighted by molar-refractivity contribution is 0.0393. The summed E-state index contributed by atoms with van der Waals surface area (Å²) >= 11 is 0. The zero-order valence-corrected chi connectivity index (χ0v) is 27.6. The van der Waals surface area contributed by atoms with Crippen LogP contribution in [0, 0.1) is 0 Å². The van der Waals surface area contributed by atoms with Crippen molar-refractivity contribution in [3.8, 4) is 5.75 Å². The summed E-state index contributed by atoms with van der Waals surface area (Å²) < 4.78 is 11.5. The maximum Gasteiger partial charge on any atom is 0.323 e. The van der Waals surface area contributed by atoms with Gasteiger partial charge in [0.25, 0.3) is 5.91 Å². The number of rotatable bonds is 20. The van der Waals surface area contributed by atoms with Crippen molar-refractivity contribution in [3.05, 3.63) is 119 Å². The van der Waals surface area contributed by atoms with Crippen LogP contribution in [0.1, 0.15) is 58.8 Å². The molecule has 0 bridgehead atoms. The van der Waals surface area contributed by atoms with Crippen LogP contribution in [-0.2, 0) is 22.7 Å². The molecule has 0 saturated heterocycles. The number of unbranched alkanes of at least 4 members (excludes halogenated alkanes) is 3. The molecular weight excluding hydrogens is 624 g/mol. The first-order chi connectivity index (χ1) is 23.9. The van der Waals surface area contributed by atoms with Gasteiger partial charge in [0.1, 0.15) is 5.75 Å². The summed E-state index contributed by atoms with van der Waals surface area (Å²) in [7, 11) is 0. The Hall–Kier alpha value is -4.78. The summed E-state index contributed by atoms with van der Waals surface area (Å²) in [5.41, 5.74) is 4.06. The highest BCUT2D eigenvalue weighted by Crippen LogP contribution is 2.23. The monoisotopic (exact) mass is 670 g/mol. The third-order valence-electron chi connectivity index (χ3n) is 7.67. The smallest absolute Gasteiger partial charge is 0.323 e. The number of para-hydroxylation sites is 2. The molecule has 0 heterocycles. The van der Waals surface area contributed by atoms with Crippen molar-refractivity contribution in [3.63, 3.8) is 0 Å². The van der Waals surface area contributed by atoms with Crippen molar-refractivity contribution < 1.29 is 34.4 Å². The molecule has 4 rings (SSSR count). The van der Waals surface area contributed by atoms with E-state index in [1.165, 1.54) is 6.07 Å². The van der Waals surface area contributed by atoms with E-state index in [-0.39, 0.29) is 18.3 Å². The first kappa shape index (κ1) is 37.0. The van der Waals surface area contributed by atoms with Gasteiger partial charge in [-0.25, -0.2) is 4.79 Å². The van der Waals surface area contributed by atoms with Gasteiger partial charge in [-0.1, -0.05) is 61.4 Å². The van der Waals surface area contributed by atoms with Gasteiger partial charge in [0.15, 0.2) is 0 Å². The molecule has 11 heteroatoms. The standard InChI is InChI=1S/C38H46N4O7/c43-26-31-24-30(17-18-35(31)44)36(45)25-39-19-8-1-2-9-20-48-21-22-49-27-28-11-10-14-32(23-28)40-38(47)42-34-16-7-6-15-33(34)41-37(46)29-12-4-3-5-13-29/h3-7,10-18,23-24,36,39,43-45H,1-2,8-9,19-22,25-27H2,(H,41,46)(H2,40,42,47)/t36-/m0/s1. The quantitative estimate of drug-likeness (QED) is 0.0548. The number of ether oxygens (including phenoxy) is 2. The van der Waals surface area contributed by atoms with E-state index in [1.54, 1.807) is 66.7 Å². The highest BCUT2D eigenvalue weighted by Gasteiger charge is 2.12. The maximum atomic E-state index is 12.8. The van der Waals surface area contributed by atoms with Crippen LogP contribution in [0.3, 0.4) is 0 Å². The molecule has 11 nitrogen and oxygen atoms in total. The Bertz CT molecular complexity index is 1600. The fourth-order valence-corrected chi connectivity index (χ4v) is 5.02. The molecule has 0 spiro atoms. The van der Waals surface area contributed by atoms with Crippen LogP contribution < -0.4 is 21.3 Å². The van der Waals surface area contributed by atoms with Crippen LogP contribution in [0.4, 0.5) is 21.9 Å². The van der Waals surface area contributed by atoms with Crippen LogP contribution >= 0.6 is 0 Å². The Labute approximate surface area is 287 Å². The van der Waals surface area contributed by atoms with Crippen molar-refractivity contribution in [2.75, 3.05) is 48.9 Å². The van der Waals surface area contributed by atoms with E-state index in [1.807, 2.05) is 24.3 Å². The van der Waals surface area contributed by atoms with E-state index in [2.05, 4.69) is 21.3 Å². The fraction of sp³-hybridized carbons (Fsp3) is 0.316. The predicted octanol–water partition coefficient (Wildman–Crippen LogP) is 6.20. The Morgan fingerprint density at radius 3 is 2.24 bits per heavy atom. The molecule has 0 aliphatic carbocycles. The van der Waals surface area contributed by atoms with E-state index in [9.17, 15) is 24.9 Å². The number of urea groups is 1. The summed E-state index contributed by atoms with van der Waals surface area (Å²) in [6, 6.07) is 27.6. The number of phenols is 1. The normalized spacial score (nSPS) is 11.6. The molecule has 0 fully saturated rings. The Kier molecular flexibility index (Phi) is 15.5. The fourth-order valence-electron chi connectivity index (χ4n) is 5.02. The number of carbonyl (C=O) groups is 2. The second-order valence-corrected chi connectivity index (χ2v) is 11.5. The highest BCUT2D eigenvalue weighted by molar-refractivity contribution is 6.08. The van der Waals surface area contributed by atoms with Gasteiger partial charge in [0, 0.05) is 30.0 Å². The summed E-state index contributed by atoms with van der Waals surface area (Å²) in [4.78, 5) is 25.4. The van der Waals surface area contributed by atoms with Crippen molar-refractivity contribution in [2.24, 2.45) is 0 Å². The SMILES string of the molecule is O=C(Nc1cccc(COCCOCCCCCCNC[C@H](O)c2ccc(O)c(CO)c2)c1)Nc1ccccc1NC(=O)c1ccccc1. The van der Waals surface area contributed by atoms with Gasteiger partial charge >= 0.3 is 6.03 Å². The molecule has 7 N–H and O–H groups in total. The lowest BCUT2D eigenvalue weighted by atomic mass is 10.1. The second kappa shape index (κ2) is 20.6. The molecule has 4 aromatic carbocycles. The molecule has 0 radical (unpaired) electrons. The number of hydrogen-bond acceptors (Lipinski definition) is 8. The molecule has 49 heavy (non-hydrogen) atoms. The van der Waals surface area contributed by atoms with E-state index in [0.717, 1.165) is 37.8 Å². The van der Waals surface area contributed by atoms with E-state index < -0.39 is 12.1 Å². The zero-order chi connectivity index (χ0) is 34.7. The van der Waals surface area contributed by atoms with E-state index in [0.29, 0.717) is 66.7 Å². The summed E-state index contributed by atoms with van der Waals surface area (Å²) in [6.07, 6.45) is 3.34. The maximum absolute atomic E-state index is 12.8. The second-order valence-electron chi connectivity index (χ2n) is 11.5. The topological polar surface area (TPSA) is 161 Å². The number of aliphatic hydroxyl groups is 2. The van der Waals surface area contributed by atoms with Gasteiger partial charge in [-0.2, -0.15) is 0 Å².